The molecule has 0 saturated heterocycles. The summed E-state index contributed by atoms with van der Waals surface area (Å²) in [5.74, 6) is 3.91. The summed E-state index contributed by atoms with van der Waals surface area (Å²) in [6.07, 6.45) is 0. The van der Waals surface area contributed by atoms with E-state index in [2.05, 4.69) is 358 Å². The van der Waals surface area contributed by atoms with E-state index in [9.17, 15) is 0 Å². The Morgan fingerprint density at radius 3 is 0.925 bits per heavy atom. The lowest BCUT2D eigenvalue weighted by molar-refractivity contribution is 0.770. The Bertz CT molecular complexity index is 7630. The summed E-state index contributed by atoms with van der Waals surface area (Å²) in [6.45, 7) is 0. The average molecular weight is 1560 g/mol. The van der Waals surface area contributed by atoms with E-state index in [0.717, 1.165) is 55.1 Å². The number of fused-ring (bicyclic) bond motifs is 14. The van der Waals surface area contributed by atoms with Crippen molar-refractivity contribution < 1.29 is 0 Å². The monoisotopic (exact) mass is 1560 g/mol. The van der Waals surface area contributed by atoms with Gasteiger partial charge in [-0.05, 0) is 171 Å². The molecule has 0 saturated carbocycles. The van der Waals surface area contributed by atoms with Gasteiger partial charge in [0.1, 0.15) is 0 Å². The maximum Gasteiger partial charge on any atom is 0.164 e. The number of nitrogens with zero attached hydrogens (tertiary/aromatic N) is 6. The number of hydrogen-bond acceptors (Lipinski definition) is 8. The Labute approximate surface area is 702 Å². The summed E-state index contributed by atoms with van der Waals surface area (Å²) in [6, 6.07) is 153. The van der Waals surface area contributed by atoms with Gasteiger partial charge in [-0.15, -0.1) is 22.7 Å². The van der Waals surface area contributed by atoms with E-state index in [1.54, 1.807) is 0 Å². The summed E-state index contributed by atoms with van der Waals surface area (Å²) >= 11 is 3.72. The van der Waals surface area contributed by atoms with E-state index in [-0.39, 0.29) is 0 Å². The minimum absolute atomic E-state index is 0.437. The van der Waals surface area contributed by atoms with Crippen molar-refractivity contribution in [1.82, 2.24) is 29.9 Å². The van der Waals surface area contributed by atoms with Gasteiger partial charge in [0.05, 0.1) is 10.8 Å². The summed E-state index contributed by atoms with van der Waals surface area (Å²) in [4.78, 5) is 30.2. The van der Waals surface area contributed by atoms with E-state index >= 15 is 0 Å². The molecule has 0 radical (unpaired) electrons. The number of rotatable bonds is 12. The van der Waals surface area contributed by atoms with Crippen LogP contribution >= 0.6 is 22.7 Å². The van der Waals surface area contributed by atoms with Crippen molar-refractivity contribution >= 4 is 84.6 Å². The maximum atomic E-state index is 5.10. The lowest BCUT2D eigenvalue weighted by Gasteiger charge is -2.34. The first-order valence-electron chi connectivity index (χ1n) is 40.7. The highest BCUT2D eigenvalue weighted by Crippen LogP contribution is 2.59. The first-order chi connectivity index (χ1) is 59.4. The Morgan fingerprint density at radius 1 is 0.158 bits per heavy atom. The second-order valence-electron chi connectivity index (χ2n) is 31.0. The smallest absolute Gasteiger partial charge is 0.164 e. The molecule has 18 aromatic carbocycles. The van der Waals surface area contributed by atoms with Crippen LogP contribution in [0.15, 0.2) is 425 Å². The van der Waals surface area contributed by atoms with Crippen molar-refractivity contribution in [1.29, 1.82) is 0 Å². The first kappa shape index (κ1) is 70.4. The molecule has 0 unspecified atom stereocenters. The third-order valence-electron chi connectivity index (χ3n) is 24.4. The van der Waals surface area contributed by atoms with Gasteiger partial charge in [0.2, 0.25) is 0 Å². The SMILES string of the molecule is c1ccc(-c2nc(-c3ccc(-c4ccc5sc6ccc(C7(c8ccccc8)c8ccccc8-c8ccccc87)cc6c5c4)cc3)nc(-c3ccc4ccccc4c3)n2)cc1.c1ccc(-c2nc(-c3ccccc3)nc(-c3ccc(-c4ccc5sc6ccc(C7(c8ccccc8)c8ccccc8-c8ccccc87)cc6c5c4)c4ccccc34)n2)cc1. The molecule has 8 heteroatoms. The zero-order chi connectivity index (χ0) is 79.2. The highest BCUT2D eigenvalue weighted by Gasteiger charge is 2.48. The molecule has 120 heavy (non-hydrogen) atoms. The molecule has 2 aliphatic carbocycles. The minimum atomic E-state index is -0.448. The molecule has 0 bridgehead atoms. The maximum absolute atomic E-state index is 5.10. The molecule has 0 amide bonds. The van der Waals surface area contributed by atoms with E-state index < -0.39 is 10.8 Å². The fourth-order valence-electron chi connectivity index (χ4n) is 19.0. The Morgan fingerprint density at radius 2 is 0.467 bits per heavy atom. The summed E-state index contributed by atoms with van der Waals surface area (Å²) < 4.78 is 5.13. The number of aromatic nitrogens is 6. The zero-order valence-corrected chi connectivity index (χ0v) is 66.5. The van der Waals surface area contributed by atoms with Gasteiger partial charge in [-0.25, -0.2) is 29.9 Å². The minimum Gasteiger partial charge on any atom is -0.208 e. The van der Waals surface area contributed by atoms with Gasteiger partial charge in [0.15, 0.2) is 34.9 Å². The Hall–Kier alpha value is -15.1. The Kier molecular flexibility index (Phi) is 17.0. The molecule has 2 aliphatic rings. The molecule has 0 fully saturated rings. The van der Waals surface area contributed by atoms with E-state index in [4.69, 9.17) is 29.9 Å². The first-order valence-corrected chi connectivity index (χ1v) is 42.3. The van der Waals surface area contributed by atoms with Crippen LogP contribution in [0.4, 0.5) is 0 Å². The molecule has 0 aliphatic heterocycles. The molecule has 22 aromatic rings. The average Bonchev–Trinajstić information content (AvgIpc) is 1.54. The molecule has 0 atom stereocenters. The largest absolute Gasteiger partial charge is 0.208 e. The van der Waals surface area contributed by atoms with Gasteiger partial charge in [0, 0.05) is 73.7 Å². The molecular formula is C112H70N6S2. The van der Waals surface area contributed by atoms with Crippen molar-refractivity contribution in [2.45, 2.75) is 10.8 Å². The second-order valence-corrected chi connectivity index (χ2v) is 33.2. The van der Waals surface area contributed by atoms with Crippen LogP contribution < -0.4 is 0 Å². The van der Waals surface area contributed by atoms with E-state index in [1.165, 1.54) is 129 Å². The van der Waals surface area contributed by atoms with Crippen LogP contribution in [0.1, 0.15) is 44.5 Å². The third-order valence-corrected chi connectivity index (χ3v) is 26.8. The van der Waals surface area contributed by atoms with Crippen LogP contribution in [-0.4, -0.2) is 29.9 Å². The van der Waals surface area contributed by atoms with E-state index in [0.29, 0.717) is 34.9 Å². The summed E-state index contributed by atoms with van der Waals surface area (Å²) in [5.41, 5.74) is 25.1. The standard InChI is InChI=1S/2C56H35N3S/c1-4-16-36(17-5-1)53-57-54(37-18-6-2-7-19-37)59-55(58-53)46-31-30-41(42-22-10-11-23-43(42)46)38-28-32-51-47(34-38)48-35-40(29-33-52(48)60-51)56(39-20-8-3-9-21-39)49-26-14-12-24-44(49)45-25-13-15-27-50(45)56;1-3-14-38(15-4-1)53-57-54(59-55(58-53)42-28-25-36-13-7-8-16-40(36)33-42)39-26-23-37(24-27-39)41-29-31-51-47(34-41)48-35-44(30-32-52(48)60-51)56(43-17-5-2-6-18-43)49-21-11-9-19-45(49)46-20-10-12-22-50(46)56/h2*1-35H. The zero-order valence-electron chi connectivity index (χ0n) is 64.9. The van der Waals surface area contributed by atoms with Crippen molar-refractivity contribution in [3.8, 4) is 113 Å². The predicted octanol–water partition coefficient (Wildman–Crippen LogP) is 28.8. The highest BCUT2D eigenvalue weighted by atomic mass is 32.1. The fraction of sp³-hybridized carbons (Fsp3) is 0.0179. The number of hydrogen-bond donors (Lipinski definition) is 0. The van der Waals surface area contributed by atoms with Crippen LogP contribution in [0.25, 0.3) is 175 Å². The van der Waals surface area contributed by atoms with Gasteiger partial charge in [-0.2, -0.15) is 0 Å². The van der Waals surface area contributed by atoms with Crippen LogP contribution in [0.2, 0.25) is 0 Å². The normalized spacial score (nSPS) is 12.8. The van der Waals surface area contributed by atoms with Crippen molar-refractivity contribution in [2.24, 2.45) is 0 Å². The lowest BCUT2D eigenvalue weighted by atomic mass is 9.67. The predicted molar refractivity (Wildman–Crippen MR) is 499 cm³/mol. The molecular weight excluding hydrogens is 1490 g/mol. The number of thiophene rings is 2. The molecule has 560 valence electrons. The van der Waals surface area contributed by atoms with Gasteiger partial charge < -0.3 is 0 Å². The van der Waals surface area contributed by atoms with Gasteiger partial charge >= 0.3 is 0 Å². The van der Waals surface area contributed by atoms with Crippen LogP contribution in [0.5, 0.6) is 0 Å². The van der Waals surface area contributed by atoms with Crippen LogP contribution in [-0.2, 0) is 10.8 Å². The molecule has 6 nitrogen and oxygen atoms in total. The molecule has 0 N–H and O–H groups in total. The number of benzene rings is 18. The molecule has 24 rings (SSSR count). The fourth-order valence-corrected chi connectivity index (χ4v) is 21.1. The summed E-state index contributed by atoms with van der Waals surface area (Å²) in [7, 11) is 0. The lowest BCUT2D eigenvalue weighted by Crippen LogP contribution is -2.28. The van der Waals surface area contributed by atoms with Crippen molar-refractivity contribution in [3.63, 3.8) is 0 Å². The van der Waals surface area contributed by atoms with Crippen LogP contribution in [0, 0.1) is 0 Å². The highest BCUT2D eigenvalue weighted by molar-refractivity contribution is 7.26. The molecule has 4 heterocycles. The molecule has 0 spiro atoms. The second kappa shape index (κ2) is 29.0. The van der Waals surface area contributed by atoms with Gasteiger partial charge in [-0.3, -0.25) is 0 Å². The summed E-state index contributed by atoms with van der Waals surface area (Å²) in [5, 5.41) is 9.68. The quantitative estimate of drug-likeness (QED) is 0.121. The van der Waals surface area contributed by atoms with Crippen molar-refractivity contribution in [3.05, 3.63) is 469 Å². The van der Waals surface area contributed by atoms with Gasteiger partial charge in [-0.1, -0.05) is 364 Å². The van der Waals surface area contributed by atoms with E-state index in [1.807, 2.05) is 89.4 Å². The topological polar surface area (TPSA) is 77.3 Å². The van der Waals surface area contributed by atoms with Gasteiger partial charge in [0.25, 0.3) is 0 Å². The van der Waals surface area contributed by atoms with Crippen molar-refractivity contribution in [2.75, 3.05) is 0 Å². The third kappa shape index (κ3) is 11.7. The Balaban J connectivity index is 0.000000140. The molecule has 4 aromatic heterocycles. The van der Waals surface area contributed by atoms with Crippen LogP contribution in [0.3, 0.4) is 0 Å².